The highest BCUT2D eigenvalue weighted by molar-refractivity contribution is 5.64. The van der Waals surface area contributed by atoms with Gasteiger partial charge in [0.15, 0.2) is 0 Å². The molecule has 3 aromatic heterocycles. The second kappa shape index (κ2) is 6.37. The first-order valence-electron chi connectivity index (χ1n) is 8.05. The molecule has 1 saturated carbocycles. The number of ether oxygens (including phenoxy) is 1. The Morgan fingerprint density at radius 1 is 0.833 bits per heavy atom. The second-order valence-electron chi connectivity index (χ2n) is 5.97. The Kier molecular flexibility index (Phi) is 3.92. The molecule has 0 atom stereocenters. The number of aromatic nitrogens is 3. The summed E-state index contributed by atoms with van der Waals surface area (Å²) in [6.07, 6.45) is 5.47. The number of pyridine rings is 3. The molecule has 4 rings (SSSR count). The van der Waals surface area contributed by atoms with Crippen LogP contribution in [0, 0.1) is 0 Å². The van der Waals surface area contributed by atoms with Crippen molar-refractivity contribution in [1.82, 2.24) is 15.0 Å². The minimum atomic E-state index is 0.176. The molecule has 1 aliphatic rings. The van der Waals surface area contributed by atoms with Crippen molar-refractivity contribution >= 4 is 0 Å². The fourth-order valence-electron chi connectivity index (χ4n) is 2.76. The van der Waals surface area contributed by atoms with Crippen LogP contribution in [0.15, 0.2) is 60.9 Å². The Hall–Kier alpha value is -2.79. The van der Waals surface area contributed by atoms with Gasteiger partial charge in [-0.25, -0.2) is 4.98 Å². The van der Waals surface area contributed by atoms with Gasteiger partial charge in [-0.2, -0.15) is 0 Å². The highest BCUT2D eigenvalue weighted by atomic mass is 16.5. The molecule has 1 aliphatic carbocycles. The molecule has 5 nitrogen and oxygen atoms in total. The Labute approximate surface area is 140 Å². The normalized spacial score (nSPS) is 19.5. The smallest absolute Gasteiger partial charge is 0.124 e. The SMILES string of the molecule is NC1CC(Oc2cc(-c3ccccn3)nc(-c3ccccn3)c2)C1. The fraction of sp³-hybridized carbons (Fsp3) is 0.211. The standard InChI is InChI=1S/C19H18N4O/c20-13-9-14(10-13)24-15-11-18(16-5-1-3-7-21-16)23-19(12-15)17-6-2-4-8-22-17/h1-8,11-14H,9-10,20H2. The van der Waals surface area contributed by atoms with Gasteiger partial charge in [0.25, 0.3) is 0 Å². The van der Waals surface area contributed by atoms with E-state index in [-0.39, 0.29) is 12.1 Å². The first-order chi connectivity index (χ1) is 11.8. The Bertz CT molecular complexity index is 760. The van der Waals surface area contributed by atoms with Gasteiger partial charge in [0.05, 0.1) is 22.8 Å². The monoisotopic (exact) mass is 318 g/mol. The molecule has 0 aromatic carbocycles. The number of hydrogen-bond donors (Lipinski definition) is 1. The fourth-order valence-corrected chi connectivity index (χ4v) is 2.76. The van der Waals surface area contributed by atoms with Crippen molar-refractivity contribution < 1.29 is 4.74 Å². The third kappa shape index (κ3) is 3.12. The van der Waals surface area contributed by atoms with E-state index in [1.165, 1.54) is 0 Å². The zero-order valence-corrected chi connectivity index (χ0v) is 13.2. The van der Waals surface area contributed by atoms with Crippen LogP contribution in [0.3, 0.4) is 0 Å². The summed E-state index contributed by atoms with van der Waals surface area (Å²) in [6.45, 7) is 0. The van der Waals surface area contributed by atoms with Gasteiger partial charge in [0.2, 0.25) is 0 Å². The van der Waals surface area contributed by atoms with E-state index in [9.17, 15) is 0 Å². The zero-order chi connectivity index (χ0) is 16.4. The lowest BCUT2D eigenvalue weighted by molar-refractivity contribution is 0.101. The molecule has 0 bridgehead atoms. The van der Waals surface area contributed by atoms with E-state index < -0.39 is 0 Å². The molecule has 3 heterocycles. The van der Waals surface area contributed by atoms with Crippen LogP contribution in [0.1, 0.15) is 12.8 Å². The molecule has 3 aromatic rings. The topological polar surface area (TPSA) is 73.9 Å². The molecule has 0 radical (unpaired) electrons. The van der Waals surface area contributed by atoms with Crippen molar-refractivity contribution in [2.75, 3.05) is 0 Å². The maximum atomic E-state index is 6.07. The van der Waals surface area contributed by atoms with E-state index in [2.05, 4.69) is 9.97 Å². The van der Waals surface area contributed by atoms with E-state index in [0.717, 1.165) is 41.4 Å². The summed E-state index contributed by atoms with van der Waals surface area (Å²) in [5, 5.41) is 0. The van der Waals surface area contributed by atoms with E-state index in [1.807, 2.05) is 48.5 Å². The molecule has 0 amide bonds. The largest absolute Gasteiger partial charge is 0.490 e. The molecule has 0 unspecified atom stereocenters. The predicted octanol–water partition coefficient (Wildman–Crippen LogP) is 3.07. The number of rotatable bonds is 4. The molecule has 120 valence electrons. The average molecular weight is 318 g/mol. The van der Waals surface area contributed by atoms with Crippen molar-refractivity contribution in [2.45, 2.75) is 25.0 Å². The van der Waals surface area contributed by atoms with Gasteiger partial charge >= 0.3 is 0 Å². The maximum Gasteiger partial charge on any atom is 0.124 e. The highest BCUT2D eigenvalue weighted by Crippen LogP contribution is 2.30. The lowest BCUT2D eigenvalue weighted by Crippen LogP contribution is -2.43. The minimum Gasteiger partial charge on any atom is -0.490 e. The Morgan fingerprint density at radius 2 is 1.42 bits per heavy atom. The van der Waals surface area contributed by atoms with E-state index in [4.69, 9.17) is 15.5 Å². The predicted molar refractivity (Wildman–Crippen MR) is 92.3 cm³/mol. The van der Waals surface area contributed by atoms with Gasteiger partial charge in [0, 0.05) is 30.6 Å². The van der Waals surface area contributed by atoms with Crippen molar-refractivity contribution in [2.24, 2.45) is 5.73 Å². The van der Waals surface area contributed by atoms with E-state index >= 15 is 0 Å². The highest BCUT2D eigenvalue weighted by Gasteiger charge is 2.28. The summed E-state index contributed by atoms with van der Waals surface area (Å²) < 4.78 is 6.07. The summed E-state index contributed by atoms with van der Waals surface area (Å²) in [4.78, 5) is 13.5. The van der Waals surface area contributed by atoms with Crippen LogP contribution in [-0.4, -0.2) is 27.1 Å². The van der Waals surface area contributed by atoms with Crippen LogP contribution in [0.2, 0.25) is 0 Å². The summed E-state index contributed by atoms with van der Waals surface area (Å²) in [5.74, 6) is 0.781. The molecule has 5 heteroatoms. The van der Waals surface area contributed by atoms with Gasteiger partial charge in [-0.15, -0.1) is 0 Å². The van der Waals surface area contributed by atoms with Crippen LogP contribution in [-0.2, 0) is 0 Å². The van der Waals surface area contributed by atoms with E-state index in [0.29, 0.717) is 0 Å². The number of nitrogens with zero attached hydrogens (tertiary/aromatic N) is 3. The van der Waals surface area contributed by atoms with E-state index in [1.54, 1.807) is 12.4 Å². The summed E-state index contributed by atoms with van der Waals surface area (Å²) >= 11 is 0. The Morgan fingerprint density at radius 3 is 1.88 bits per heavy atom. The molecule has 0 spiro atoms. The van der Waals surface area contributed by atoms with Crippen LogP contribution < -0.4 is 10.5 Å². The average Bonchev–Trinajstić information content (AvgIpc) is 2.62. The lowest BCUT2D eigenvalue weighted by atomic mass is 9.90. The van der Waals surface area contributed by atoms with Crippen LogP contribution >= 0.6 is 0 Å². The van der Waals surface area contributed by atoms with Gasteiger partial charge in [-0.05, 0) is 37.1 Å². The second-order valence-corrected chi connectivity index (χ2v) is 5.97. The van der Waals surface area contributed by atoms with Gasteiger partial charge in [-0.3, -0.25) is 9.97 Å². The summed E-state index contributed by atoms with van der Waals surface area (Å²) in [5.41, 5.74) is 9.02. The van der Waals surface area contributed by atoms with Crippen molar-refractivity contribution in [1.29, 1.82) is 0 Å². The van der Waals surface area contributed by atoms with Crippen molar-refractivity contribution in [3.63, 3.8) is 0 Å². The zero-order valence-electron chi connectivity index (χ0n) is 13.2. The third-order valence-electron chi connectivity index (χ3n) is 4.09. The summed E-state index contributed by atoms with van der Waals surface area (Å²) in [7, 11) is 0. The molecule has 2 N–H and O–H groups in total. The first-order valence-corrected chi connectivity index (χ1v) is 8.05. The minimum absolute atomic E-state index is 0.176. The van der Waals surface area contributed by atoms with Gasteiger partial charge < -0.3 is 10.5 Å². The maximum absolute atomic E-state index is 6.07. The van der Waals surface area contributed by atoms with Crippen molar-refractivity contribution in [3.8, 4) is 28.5 Å². The van der Waals surface area contributed by atoms with Crippen LogP contribution in [0.5, 0.6) is 5.75 Å². The van der Waals surface area contributed by atoms with Crippen LogP contribution in [0.4, 0.5) is 0 Å². The summed E-state index contributed by atoms with van der Waals surface area (Å²) in [6, 6.07) is 15.7. The molecular weight excluding hydrogens is 300 g/mol. The van der Waals surface area contributed by atoms with Gasteiger partial charge in [0.1, 0.15) is 11.9 Å². The third-order valence-corrected chi connectivity index (χ3v) is 4.09. The van der Waals surface area contributed by atoms with Crippen LogP contribution in [0.25, 0.3) is 22.8 Å². The Balaban J connectivity index is 1.73. The number of hydrogen-bond acceptors (Lipinski definition) is 5. The quantitative estimate of drug-likeness (QED) is 0.800. The van der Waals surface area contributed by atoms with Gasteiger partial charge in [-0.1, -0.05) is 12.1 Å². The molecule has 24 heavy (non-hydrogen) atoms. The lowest BCUT2D eigenvalue weighted by Gasteiger charge is -2.32. The number of nitrogens with two attached hydrogens (primary N) is 1. The molecule has 0 aliphatic heterocycles. The molecular formula is C19H18N4O. The first kappa shape index (κ1) is 14.8. The molecule has 1 fully saturated rings. The molecule has 0 saturated heterocycles. The van der Waals surface area contributed by atoms with Crippen molar-refractivity contribution in [3.05, 3.63) is 60.9 Å².